The lowest BCUT2D eigenvalue weighted by molar-refractivity contribution is 0.0525. The zero-order chi connectivity index (χ0) is 17.7. The Hall–Kier alpha value is -2.02. The second-order valence-corrected chi connectivity index (χ2v) is 7.44. The van der Waals surface area contributed by atoms with Crippen molar-refractivity contribution >= 4 is 17.9 Å². The van der Waals surface area contributed by atoms with Crippen molar-refractivity contribution in [3.63, 3.8) is 0 Å². The van der Waals surface area contributed by atoms with Crippen LogP contribution in [0.4, 0.5) is 9.18 Å². The number of halogens is 1. The molecule has 7 heteroatoms. The minimum absolute atomic E-state index is 0.250. The number of nitrogens with zero attached hydrogens (tertiary/aromatic N) is 2. The highest BCUT2D eigenvalue weighted by molar-refractivity contribution is 7.99. The highest BCUT2D eigenvalue weighted by Gasteiger charge is 2.15. The summed E-state index contributed by atoms with van der Waals surface area (Å²) in [7, 11) is 0. The van der Waals surface area contributed by atoms with Crippen LogP contribution in [0.5, 0.6) is 0 Å². The Morgan fingerprint density at radius 1 is 1.33 bits per heavy atom. The molecule has 1 N–H and O–H groups in total. The van der Waals surface area contributed by atoms with E-state index in [-0.39, 0.29) is 5.82 Å². The van der Waals surface area contributed by atoms with Crippen LogP contribution in [0.25, 0.3) is 0 Å². The van der Waals surface area contributed by atoms with Crippen LogP contribution in [-0.4, -0.2) is 28.0 Å². The molecule has 0 radical (unpaired) electrons. The molecule has 0 aliphatic carbocycles. The number of carbonyl (C=O) groups excluding carboxylic acids is 1. The largest absolute Gasteiger partial charge is 0.444 e. The average Bonchev–Trinajstić information content (AvgIpc) is 2.80. The van der Waals surface area contributed by atoms with Crippen LogP contribution < -0.4 is 5.32 Å². The number of hydrogen-bond acceptors (Lipinski definition) is 4. The molecule has 0 aliphatic rings. The molecule has 1 aromatic carbocycles. The predicted molar refractivity (Wildman–Crippen MR) is 91.7 cm³/mol. The number of carbonyl (C=O) groups is 1. The van der Waals surface area contributed by atoms with Crippen molar-refractivity contribution in [1.29, 1.82) is 0 Å². The molecular weight excluding hydrogens is 329 g/mol. The number of hydrogen-bond donors (Lipinski definition) is 1. The molecule has 0 spiro atoms. The number of alkyl carbamates (subject to hydrolysis) is 1. The third kappa shape index (κ3) is 5.88. The van der Waals surface area contributed by atoms with Gasteiger partial charge in [-0.3, -0.25) is 4.68 Å². The molecule has 1 amide bonds. The maximum Gasteiger partial charge on any atom is 0.407 e. The fourth-order valence-corrected chi connectivity index (χ4v) is 2.82. The van der Waals surface area contributed by atoms with E-state index in [1.54, 1.807) is 16.8 Å². The average molecular weight is 351 g/mol. The van der Waals surface area contributed by atoms with Gasteiger partial charge in [0.2, 0.25) is 0 Å². The third-order valence-corrected chi connectivity index (χ3v) is 4.08. The molecule has 130 valence electrons. The van der Waals surface area contributed by atoms with Crippen LogP contribution in [0.15, 0.2) is 40.3 Å². The molecule has 0 unspecified atom stereocenters. The van der Waals surface area contributed by atoms with Crippen LogP contribution in [0, 0.1) is 12.7 Å². The van der Waals surface area contributed by atoms with Gasteiger partial charge >= 0.3 is 6.09 Å². The standard InChI is InChI=1S/C17H22FN3O2S/c1-12-15(24-14-7-5-13(18)6-8-14)11-21(20-12)10-9-19-16(22)23-17(2,3)4/h5-8,11H,9-10H2,1-4H3,(H,19,22). The van der Waals surface area contributed by atoms with E-state index >= 15 is 0 Å². The first kappa shape index (κ1) is 18.3. The van der Waals surface area contributed by atoms with Crippen molar-refractivity contribution in [2.45, 2.75) is 49.6 Å². The molecule has 2 rings (SSSR count). The van der Waals surface area contributed by atoms with Crippen LogP contribution >= 0.6 is 11.8 Å². The minimum atomic E-state index is -0.509. The number of aryl methyl sites for hydroxylation is 1. The van der Waals surface area contributed by atoms with Gasteiger partial charge < -0.3 is 10.1 Å². The maximum absolute atomic E-state index is 12.9. The van der Waals surface area contributed by atoms with Crippen molar-refractivity contribution in [2.24, 2.45) is 0 Å². The van der Waals surface area contributed by atoms with Gasteiger partial charge in [-0.2, -0.15) is 5.10 Å². The van der Waals surface area contributed by atoms with Gasteiger partial charge in [-0.1, -0.05) is 11.8 Å². The lowest BCUT2D eigenvalue weighted by atomic mass is 10.2. The molecule has 1 heterocycles. The van der Waals surface area contributed by atoms with E-state index in [0.717, 1.165) is 15.5 Å². The molecule has 24 heavy (non-hydrogen) atoms. The molecule has 0 saturated carbocycles. The van der Waals surface area contributed by atoms with Crippen molar-refractivity contribution in [3.8, 4) is 0 Å². The molecule has 0 fully saturated rings. The van der Waals surface area contributed by atoms with Gasteiger partial charge in [-0.05, 0) is 52.0 Å². The van der Waals surface area contributed by atoms with Gasteiger partial charge in [-0.15, -0.1) is 0 Å². The zero-order valence-corrected chi connectivity index (χ0v) is 15.1. The number of aromatic nitrogens is 2. The molecule has 0 atom stereocenters. The summed E-state index contributed by atoms with van der Waals surface area (Å²) in [6, 6.07) is 6.35. The topological polar surface area (TPSA) is 56.2 Å². The molecule has 0 saturated heterocycles. The third-order valence-electron chi connectivity index (χ3n) is 2.95. The van der Waals surface area contributed by atoms with Crippen LogP contribution in [-0.2, 0) is 11.3 Å². The summed E-state index contributed by atoms with van der Waals surface area (Å²) in [5.74, 6) is -0.250. The molecular formula is C17H22FN3O2S. The van der Waals surface area contributed by atoms with Gasteiger partial charge in [-0.25, -0.2) is 9.18 Å². The first-order valence-electron chi connectivity index (χ1n) is 7.67. The van der Waals surface area contributed by atoms with Crippen molar-refractivity contribution < 1.29 is 13.9 Å². The molecule has 0 aliphatic heterocycles. The summed E-state index contributed by atoms with van der Waals surface area (Å²) >= 11 is 1.53. The summed E-state index contributed by atoms with van der Waals surface area (Å²) in [5, 5.41) is 7.13. The number of nitrogens with one attached hydrogen (secondary N) is 1. The zero-order valence-electron chi connectivity index (χ0n) is 14.3. The lowest BCUT2D eigenvalue weighted by Gasteiger charge is -2.19. The first-order valence-corrected chi connectivity index (χ1v) is 8.49. The van der Waals surface area contributed by atoms with Gasteiger partial charge in [0.25, 0.3) is 0 Å². The van der Waals surface area contributed by atoms with E-state index in [0.29, 0.717) is 13.1 Å². The lowest BCUT2D eigenvalue weighted by Crippen LogP contribution is -2.34. The Bertz CT molecular complexity index is 693. The number of ether oxygens (including phenoxy) is 1. The fourth-order valence-electron chi connectivity index (χ4n) is 1.93. The SMILES string of the molecule is Cc1nn(CCNC(=O)OC(C)(C)C)cc1Sc1ccc(F)cc1. The van der Waals surface area contributed by atoms with E-state index in [2.05, 4.69) is 10.4 Å². The normalized spacial score (nSPS) is 11.4. The Kier molecular flexibility index (Phi) is 5.88. The monoisotopic (exact) mass is 351 g/mol. The predicted octanol–water partition coefficient (Wildman–Crippen LogP) is 4.01. The van der Waals surface area contributed by atoms with E-state index in [1.165, 1.54) is 23.9 Å². The van der Waals surface area contributed by atoms with Gasteiger partial charge in [0.15, 0.2) is 0 Å². The van der Waals surface area contributed by atoms with Crippen LogP contribution in [0.2, 0.25) is 0 Å². The number of rotatable bonds is 5. The molecule has 5 nitrogen and oxygen atoms in total. The summed E-state index contributed by atoms with van der Waals surface area (Å²) in [6.07, 6.45) is 1.48. The van der Waals surface area contributed by atoms with Crippen molar-refractivity contribution in [2.75, 3.05) is 6.54 Å². The second kappa shape index (κ2) is 7.70. The Balaban J connectivity index is 1.87. The Labute approximate surface area is 145 Å². The highest BCUT2D eigenvalue weighted by Crippen LogP contribution is 2.29. The summed E-state index contributed by atoms with van der Waals surface area (Å²) in [6.45, 7) is 8.36. The van der Waals surface area contributed by atoms with Crippen molar-refractivity contribution in [3.05, 3.63) is 42.0 Å². The van der Waals surface area contributed by atoms with Gasteiger partial charge in [0.05, 0.1) is 17.1 Å². The highest BCUT2D eigenvalue weighted by atomic mass is 32.2. The Morgan fingerprint density at radius 2 is 2.00 bits per heavy atom. The minimum Gasteiger partial charge on any atom is -0.444 e. The first-order chi connectivity index (χ1) is 11.2. The maximum atomic E-state index is 12.9. The van der Waals surface area contributed by atoms with Crippen molar-refractivity contribution in [1.82, 2.24) is 15.1 Å². The van der Waals surface area contributed by atoms with Gasteiger partial charge in [0.1, 0.15) is 11.4 Å². The molecule has 2 aromatic rings. The van der Waals surface area contributed by atoms with Gasteiger partial charge in [0, 0.05) is 17.6 Å². The second-order valence-electron chi connectivity index (χ2n) is 6.33. The van der Waals surface area contributed by atoms with E-state index in [4.69, 9.17) is 4.74 Å². The molecule has 1 aromatic heterocycles. The summed E-state index contributed by atoms with van der Waals surface area (Å²) in [5.41, 5.74) is 0.382. The Morgan fingerprint density at radius 3 is 2.62 bits per heavy atom. The number of benzene rings is 1. The van der Waals surface area contributed by atoms with E-state index in [9.17, 15) is 9.18 Å². The van der Waals surface area contributed by atoms with Crippen LogP contribution in [0.3, 0.4) is 0 Å². The van der Waals surface area contributed by atoms with Crippen LogP contribution in [0.1, 0.15) is 26.5 Å². The van der Waals surface area contributed by atoms with E-state index in [1.807, 2.05) is 33.9 Å². The van der Waals surface area contributed by atoms with E-state index < -0.39 is 11.7 Å². The smallest absolute Gasteiger partial charge is 0.407 e. The molecule has 0 bridgehead atoms. The quantitative estimate of drug-likeness (QED) is 0.884. The summed E-state index contributed by atoms with van der Waals surface area (Å²) in [4.78, 5) is 13.5. The fraction of sp³-hybridized carbons (Fsp3) is 0.412. The number of amides is 1. The summed E-state index contributed by atoms with van der Waals surface area (Å²) < 4.78 is 19.9.